The van der Waals surface area contributed by atoms with E-state index in [2.05, 4.69) is 24.3 Å². The van der Waals surface area contributed by atoms with Crippen LogP contribution in [0.25, 0.3) is 0 Å². The van der Waals surface area contributed by atoms with E-state index in [0.29, 0.717) is 0 Å². The van der Waals surface area contributed by atoms with Crippen LogP contribution in [-0.4, -0.2) is 53.7 Å². The zero-order valence-corrected chi connectivity index (χ0v) is 11.6. The normalized spacial score (nSPS) is 21.6. The topological polar surface area (TPSA) is 178 Å². The van der Waals surface area contributed by atoms with Crippen molar-refractivity contribution in [3.8, 4) is 0 Å². The fraction of sp³-hybridized carbons (Fsp3) is 0.545. The predicted octanol–water partition coefficient (Wildman–Crippen LogP) is -2.60. The Balaban J connectivity index is 2.80. The molecule has 23 heavy (non-hydrogen) atoms. The first-order valence-electron chi connectivity index (χ1n) is 6.21. The molecule has 0 aromatic heterocycles. The second-order valence-electron chi connectivity index (χ2n) is 4.19. The number of aliphatic hydroxyl groups is 1. The van der Waals surface area contributed by atoms with Gasteiger partial charge in [0.15, 0.2) is 0 Å². The average molecular weight is 335 g/mol. The van der Waals surface area contributed by atoms with E-state index in [9.17, 15) is 24.0 Å². The Morgan fingerprint density at radius 3 is 2.17 bits per heavy atom. The quantitative estimate of drug-likeness (QED) is 0.406. The molecule has 2 unspecified atom stereocenters. The molecule has 1 fully saturated rings. The van der Waals surface area contributed by atoms with Crippen LogP contribution in [0.4, 0.5) is 0 Å². The molecule has 12 nitrogen and oxygen atoms in total. The highest BCUT2D eigenvalue weighted by Crippen LogP contribution is 2.09. The largest absolute Gasteiger partial charge is 0.448 e. The third kappa shape index (κ3) is 6.27. The summed E-state index contributed by atoms with van der Waals surface area (Å²) in [6.45, 7) is -0.780. The SMILES string of the molecule is NC(CO)C(=O)OC1CC(=O)OOC(=O)CCC(=O)OOC1=O. The molecule has 0 spiro atoms. The van der Waals surface area contributed by atoms with Crippen LogP contribution in [0.2, 0.25) is 0 Å². The van der Waals surface area contributed by atoms with Gasteiger partial charge in [-0.15, -0.1) is 0 Å². The molecule has 0 radical (unpaired) electrons. The Morgan fingerprint density at radius 1 is 1.09 bits per heavy atom. The van der Waals surface area contributed by atoms with Crippen LogP contribution in [0.3, 0.4) is 0 Å². The minimum absolute atomic E-state index is 0.479. The number of carbonyl (C=O) groups excluding carboxylic acids is 5. The maximum Gasteiger partial charge on any atom is 0.396 e. The molecule has 3 N–H and O–H groups in total. The average Bonchev–Trinajstić information content (AvgIpc) is 2.53. The lowest BCUT2D eigenvalue weighted by Crippen LogP contribution is -2.41. The Morgan fingerprint density at radius 2 is 1.61 bits per heavy atom. The van der Waals surface area contributed by atoms with Gasteiger partial charge in [-0.3, -0.25) is 4.79 Å². The summed E-state index contributed by atoms with van der Waals surface area (Å²) in [5.74, 6) is -5.99. The molecule has 1 rings (SSSR count). The minimum Gasteiger partial charge on any atom is -0.448 e. The number of aliphatic hydroxyl groups excluding tert-OH is 1. The highest BCUT2D eigenvalue weighted by molar-refractivity contribution is 5.86. The van der Waals surface area contributed by atoms with E-state index in [1.54, 1.807) is 0 Å². The van der Waals surface area contributed by atoms with Crippen LogP contribution >= 0.6 is 0 Å². The smallest absolute Gasteiger partial charge is 0.396 e. The lowest BCUT2D eigenvalue weighted by molar-refractivity contribution is -0.273. The highest BCUT2D eigenvalue weighted by atomic mass is 17.2. The van der Waals surface area contributed by atoms with Gasteiger partial charge in [-0.2, -0.15) is 0 Å². The van der Waals surface area contributed by atoms with Crippen LogP contribution < -0.4 is 5.73 Å². The maximum absolute atomic E-state index is 11.6. The number of rotatable bonds is 3. The molecule has 0 amide bonds. The van der Waals surface area contributed by atoms with Crippen LogP contribution in [0.15, 0.2) is 0 Å². The monoisotopic (exact) mass is 335 g/mol. The summed E-state index contributed by atoms with van der Waals surface area (Å²) in [4.78, 5) is 73.1. The van der Waals surface area contributed by atoms with Crippen molar-refractivity contribution in [3.63, 3.8) is 0 Å². The highest BCUT2D eigenvalue weighted by Gasteiger charge is 2.33. The van der Waals surface area contributed by atoms with E-state index < -0.39 is 67.9 Å². The van der Waals surface area contributed by atoms with Gasteiger partial charge >= 0.3 is 29.8 Å². The molecule has 0 bridgehead atoms. The zero-order valence-electron chi connectivity index (χ0n) is 11.6. The molecule has 2 atom stereocenters. The van der Waals surface area contributed by atoms with Crippen LogP contribution in [-0.2, 0) is 48.3 Å². The Labute approximate surface area is 128 Å². The predicted molar refractivity (Wildman–Crippen MR) is 63.2 cm³/mol. The third-order valence-electron chi connectivity index (χ3n) is 2.35. The zero-order chi connectivity index (χ0) is 17.4. The van der Waals surface area contributed by atoms with Crippen molar-refractivity contribution in [2.24, 2.45) is 5.73 Å². The van der Waals surface area contributed by atoms with Gasteiger partial charge in [0.05, 0.1) is 25.9 Å². The van der Waals surface area contributed by atoms with E-state index >= 15 is 0 Å². The minimum atomic E-state index is -1.89. The number of carbonyl (C=O) groups is 5. The van der Waals surface area contributed by atoms with Crippen molar-refractivity contribution in [2.45, 2.75) is 31.4 Å². The summed E-state index contributed by atoms with van der Waals surface area (Å²) in [7, 11) is 0. The molecule has 1 saturated heterocycles. The fourth-order valence-electron chi connectivity index (χ4n) is 1.18. The summed E-state index contributed by atoms with van der Waals surface area (Å²) in [5, 5.41) is 8.71. The standard InChI is InChI=1S/C11H13NO11/c12-5(4-13)10(17)19-6-3-9(16)22-20-7(14)1-2-8(15)21-23-11(6)18/h5-6,13H,1-4,12H2. The molecule has 0 saturated carbocycles. The molecule has 0 aromatic carbocycles. The number of hydrogen-bond acceptors (Lipinski definition) is 12. The number of ether oxygens (including phenoxy) is 1. The first-order valence-corrected chi connectivity index (χ1v) is 6.21. The van der Waals surface area contributed by atoms with Gasteiger partial charge in [0, 0.05) is 0 Å². The third-order valence-corrected chi connectivity index (χ3v) is 2.35. The van der Waals surface area contributed by atoms with Crippen LogP contribution in [0.5, 0.6) is 0 Å². The molecule has 12 heteroatoms. The molecular weight excluding hydrogens is 322 g/mol. The van der Waals surface area contributed by atoms with Crippen molar-refractivity contribution in [3.05, 3.63) is 0 Å². The Bertz CT molecular complexity index is 502. The van der Waals surface area contributed by atoms with Gasteiger partial charge in [-0.05, 0) is 0 Å². The summed E-state index contributed by atoms with van der Waals surface area (Å²) in [5.41, 5.74) is 5.18. The van der Waals surface area contributed by atoms with Gasteiger partial charge in [0.1, 0.15) is 6.04 Å². The van der Waals surface area contributed by atoms with Crippen molar-refractivity contribution >= 4 is 29.8 Å². The summed E-state index contributed by atoms with van der Waals surface area (Å²) >= 11 is 0. The van der Waals surface area contributed by atoms with E-state index in [1.165, 1.54) is 0 Å². The van der Waals surface area contributed by atoms with Crippen LogP contribution in [0.1, 0.15) is 19.3 Å². The number of nitrogens with two attached hydrogens (primary N) is 1. The molecule has 1 aliphatic rings. The van der Waals surface area contributed by atoms with Crippen molar-refractivity contribution in [1.29, 1.82) is 0 Å². The first kappa shape index (κ1) is 18.3. The fourth-order valence-corrected chi connectivity index (χ4v) is 1.18. The second kappa shape index (κ2) is 8.65. The Kier molecular flexibility index (Phi) is 6.89. The van der Waals surface area contributed by atoms with Gasteiger partial charge in [0.25, 0.3) is 0 Å². The molecule has 0 aromatic rings. The van der Waals surface area contributed by atoms with Crippen molar-refractivity contribution in [1.82, 2.24) is 0 Å². The summed E-state index contributed by atoms with van der Waals surface area (Å²) in [6.07, 6.45) is -3.79. The lowest BCUT2D eigenvalue weighted by Gasteiger charge is -2.17. The van der Waals surface area contributed by atoms with Crippen molar-refractivity contribution in [2.75, 3.05) is 6.61 Å². The van der Waals surface area contributed by atoms with E-state index in [-0.39, 0.29) is 0 Å². The van der Waals surface area contributed by atoms with Crippen molar-refractivity contribution < 1.29 is 53.4 Å². The molecule has 0 aliphatic carbocycles. The molecule has 1 heterocycles. The second-order valence-corrected chi connectivity index (χ2v) is 4.19. The summed E-state index contributed by atoms with van der Waals surface area (Å²) in [6, 6.07) is -1.47. The van der Waals surface area contributed by atoms with E-state index in [4.69, 9.17) is 10.8 Å². The number of esters is 1. The van der Waals surface area contributed by atoms with Crippen LogP contribution in [0, 0.1) is 0 Å². The van der Waals surface area contributed by atoms with Gasteiger partial charge in [0.2, 0.25) is 6.10 Å². The number of hydrogen-bond donors (Lipinski definition) is 2. The van der Waals surface area contributed by atoms with E-state index in [1.807, 2.05) is 0 Å². The first-order chi connectivity index (χ1) is 10.8. The maximum atomic E-state index is 11.6. The van der Waals surface area contributed by atoms with Gasteiger partial charge in [-0.1, -0.05) is 0 Å². The molecular formula is C11H13NO11. The Hall–Kier alpha value is -2.73. The van der Waals surface area contributed by atoms with Gasteiger partial charge in [-0.25, -0.2) is 38.7 Å². The van der Waals surface area contributed by atoms with Gasteiger partial charge < -0.3 is 15.6 Å². The molecule has 128 valence electrons. The lowest BCUT2D eigenvalue weighted by atomic mass is 10.2. The summed E-state index contributed by atoms with van der Waals surface area (Å²) < 4.78 is 4.56. The molecule has 1 aliphatic heterocycles. The van der Waals surface area contributed by atoms with E-state index in [0.717, 1.165) is 0 Å².